The number of hydrogen-bond donors (Lipinski definition) is 4. The molecule has 1 atom stereocenters. The fourth-order valence-electron chi connectivity index (χ4n) is 2.91. The van der Waals surface area contributed by atoms with Crippen LogP contribution in [0.25, 0.3) is 0 Å². The number of ether oxygens (including phenoxy) is 2. The van der Waals surface area contributed by atoms with E-state index in [4.69, 9.17) is 9.47 Å². The highest BCUT2D eigenvalue weighted by atomic mass is 16.5. The minimum Gasteiger partial charge on any atom is -0.508 e. The third kappa shape index (κ3) is 4.07. The van der Waals surface area contributed by atoms with Crippen molar-refractivity contribution < 1.29 is 24.5 Å². The van der Waals surface area contributed by atoms with Gasteiger partial charge in [-0.05, 0) is 35.4 Å². The highest BCUT2D eigenvalue weighted by Crippen LogP contribution is 2.27. The molecule has 0 bridgehead atoms. The van der Waals surface area contributed by atoms with Crippen LogP contribution in [-0.2, 0) is 11.3 Å². The number of methoxy groups -OCH3 is 1. The number of phenols is 2. The highest BCUT2D eigenvalue weighted by Gasteiger charge is 2.22. The number of carbonyl (C=O) groups excluding carboxylic acids is 1. The Hall–Kier alpha value is -2.77. The first-order valence-corrected chi connectivity index (χ1v) is 8.38. The lowest BCUT2D eigenvalue weighted by atomic mass is 10.00. The van der Waals surface area contributed by atoms with Crippen LogP contribution in [-0.4, -0.2) is 42.9 Å². The van der Waals surface area contributed by atoms with Crippen molar-refractivity contribution in [2.75, 3.05) is 26.8 Å². The molecular weight excluding hydrogens is 336 g/mol. The van der Waals surface area contributed by atoms with E-state index in [-0.39, 0.29) is 30.1 Å². The zero-order valence-corrected chi connectivity index (χ0v) is 14.5. The molecule has 0 radical (unpaired) electrons. The van der Waals surface area contributed by atoms with Gasteiger partial charge in [-0.1, -0.05) is 12.1 Å². The van der Waals surface area contributed by atoms with Gasteiger partial charge in [0.05, 0.1) is 19.8 Å². The van der Waals surface area contributed by atoms with Crippen LogP contribution < -0.4 is 15.4 Å². The number of rotatable bonds is 5. The molecular formula is C19H22N2O5. The number of nitrogens with one attached hydrogen (secondary N) is 2. The van der Waals surface area contributed by atoms with Gasteiger partial charge in [0.15, 0.2) is 11.5 Å². The van der Waals surface area contributed by atoms with E-state index in [9.17, 15) is 15.0 Å². The molecule has 7 nitrogen and oxygen atoms in total. The number of aromatic hydroxyl groups is 2. The van der Waals surface area contributed by atoms with Gasteiger partial charge in [0.2, 0.25) is 0 Å². The molecule has 26 heavy (non-hydrogen) atoms. The van der Waals surface area contributed by atoms with E-state index >= 15 is 0 Å². The second-order valence-electron chi connectivity index (χ2n) is 6.02. The summed E-state index contributed by atoms with van der Waals surface area (Å²) in [5, 5.41) is 25.6. The average molecular weight is 358 g/mol. The zero-order valence-electron chi connectivity index (χ0n) is 14.5. The number of morpholine rings is 1. The minimum atomic E-state index is -0.319. The second kappa shape index (κ2) is 8.07. The van der Waals surface area contributed by atoms with Crippen molar-refractivity contribution >= 4 is 5.91 Å². The monoisotopic (exact) mass is 358 g/mol. The Labute approximate surface area is 151 Å². The second-order valence-corrected chi connectivity index (χ2v) is 6.02. The fourth-order valence-corrected chi connectivity index (χ4v) is 2.91. The van der Waals surface area contributed by atoms with E-state index in [1.54, 1.807) is 24.3 Å². The first-order valence-electron chi connectivity index (χ1n) is 8.38. The van der Waals surface area contributed by atoms with Gasteiger partial charge < -0.3 is 30.3 Å². The summed E-state index contributed by atoms with van der Waals surface area (Å²) in [7, 11) is 1.47. The summed E-state index contributed by atoms with van der Waals surface area (Å²) in [6, 6.07) is 9.63. The summed E-state index contributed by atoms with van der Waals surface area (Å²) >= 11 is 0. The zero-order chi connectivity index (χ0) is 18.5. The van der Waals surface area contributed by atoms with Crippen LogP contribution in [0.4, 0.5) is 0 Å². The Balaban J connectivity index is 1.74. The lowest BCUT2D eigenvalue weighted by Crippen LogP contribution is -2.34. The summed E-state index contributed by atoms with van der Waals surface area (Å²) in [5.74, 6) is 0.0846. The maximum absolute atomic E-state index is 12.7. The van der Waals surface area contributed by atoms with Crippen LogP contribution in [0.3, 0.4) is 0 Å². The summed E-state index contributed by atoms with van der Waals surface area (Å²) < 4.78 is 10.7. The van der Waals surface area contributed by atoms with Crippen molar-refractivity contribution in [2.24, 2.45) is 0 Å². The van der Waals surface area contributed by atoms with Crippen molar-refractivity contribution in [3.05, 3.63) is 53.1 Å². The average Bonchev–Trinajstić information content (AvgIpc) is 2.67. The van der Waals surface area contributed by atoms with E-state index in [0.29, 0.717) is 24.5 Å². The standard InChI is InChI=1S/C19H22N2O5/c1-25-17-5-2-12(8-16(17)23)10-21-19(24)15-9-13(22)3-4-14(15)18-11-20-6-7-26-18/h2-5,8-9,18,20,22-23H,6-7,10-11H2,1H3,(H,21,24). The van der Waals surface area contributed by atoms with E-state index < -0.39 is 0 Å². The summed E-state index contributed by atoms with van der Waals surface area (Å²) in [6.45, 7) is 2.18. The molecule has 3 rings (SSSR count). The van der Waals surface area contributed by atoms with Crippen LogP contribution in [0.1, 0.15) is 27.6 Å². The SMILES string of the molecule is COc1ccc(CNC(=O)c2cc(O)ccc2C2CNCCO2)cc1O. The summed E-state index contributed by atoms with van der Waals surface area (Å²) in [4.78, 5) is 12.7. The Morgan fingerprint density at radius 3 is 2.85 bits per heavy atom. The predicted octanol–water partition coefficient (Wildman–Crippen LogP) is 1.70. The third-order valence-corrected chi connectivity index (χ3v) is 4.25. The molecule has 4 N–H and O–H groups in total. The number of benzene rings is 2. The molecule has 1 saturated heterocycles. The molecule has 0 saturated carbocycles. The summed E-state index contributed by atoms with van der Waals surface area (Å²) in [5.41, 5.74) is 1.83. The molecule has 0 spiro atoms. The van der Waals surface area contributed by atoms with Crippen molar-refractivity contribution in [3.8, 4) is 17.2 Å². The molecule has 1 amide bonds. The van der Waals surface area contributed by atoms with Crippen LogP contribution in [0.5, 0.6) is 17.2 Å². The molecule has 7 heteroatoms. The van der Waals surface area contributed by atoms with E-state index in [0.717, 1.165) is 17.7 Å². The molecule has 0 aliphatic carbocycles. The van der Waals surface area contributed by atoms with Crippen molar-refractivity contribution in [2.45, 2.75) is 12.6 Å². The van der Waals surface area contributed by atoms with Gasteiger partial charge in [0.25, 0.3) is 5.91 Å². The molecule has 138 valence electrons. The third-order valence-electron chi connectivity index (χ3n) is 4.25. The summed E-state index contributed by atoms with van der Waals surface area (Å²) in [6.07, 6.45) is -0.241. The largest absolute Gasteiger partial charge is 0.508 e. The van der Waals surface area contributed by atoms with Crippen LogP contribution in [0.2, 0.25) is 0 Å². The minimum absolute atomic E-state index is 0.0129. The van der Waals surface area contributed by atoms with E-state index in [1.165, 1.54) is 19.2 Å². The molecule has 1 aliphatic heterocycles. The van der Waals surface area contributed by atoms with Gasteiger partial charge in [-0.15, -0.1) is 0 Å². The molecule has 1 fully saturated rings. The molecule has 0 aromatic heterocycles. The molecule has 2 aromatic rings. The van der Waals surface area contributed by atoms with Crippen LogP contribution in [0.15, 0.2) is 36.4 Å². The van der Waals surface area contributed by atoms with Gasteiger partial charge >= 0.3 is 0 Å². The quantitative estimate of drug-likeness (QED) is 0.649. The van der Waals surface area contributed by atoms with Crippen molar-refractivity contribution in [3.63, 3.8) is 0 Å². The predicted molar refractivity (Wildman–Crippen MR) is 95.5 cm³/mol. The number of phenolic OH excluding ortho intramolecular Hbond substituents is 2. The first-order chi connectivity index (χ1) is 12.6. The van der Waals surface area contributed by atoms with Crippen LogP contribution >= 0.6 is 0 Å². The fraction of sp³-hybridized carbons (Fsp3) is 0.316. The molecule has 1 heterocycles. The van der Waals surface area contributed by atoms with E-state index in [2.05, 4.69) is 10.6 Å². The Morgan fingerprint density at radius 2 is 2.15 bits per heavy atom. The topological polar surface area (TPSA) is 100 Å². The van der Waals surface area contributed by atoms with Gasteiger partial charge in [0, 0.05) is 25.2 Å². The Morgan fingerprint density at radius 1 is 1.31 bits per heavy atom. The lowest BCUT2D eigenvalue weighted by molar-refractivity contribution is 0.0270. The van der Waals surface area contributed by atoms with Crippen LogP contribution in [0, 0.1) is 0 Å². The Bertz CT molecular complexity index is 787. The molecule has 1 unspecified atom stereocenters. The molecule has 2 aromatic carbocycles. The number of hydrogen-bond acceptors (Lipinski definition) is 6. The first kappa shape index (κ1) is 18.0. The van der Waals surface area contributed by atoms with Gasteiger partial charge in [-0.25, -0.2) is 0 Å². The Kier molecular flexibility index (Phi) is 5.60. The van der Waals surface area contributed by atoms with Crippen molar-refractivity contribution in [1.29, 1.82) is 0 Å². The molecule has 1 aliphatic rings. The number of amides is 1. The van der Waals surface area contributed by atoms with E-state index in [1.807, 2.05) is 0 Å². The highest BCUT2D eigenvalue weighted by molar-refractivity contribution is 5.96. The number of carbonyl (C=O) groups is 1. The maximum atomic E-state index is 12.7. The normalized spacial score (nSPS) is 16.9. The van der Waals surface area contributed by atoms with Gasteiger partial charge in [-0.2, -0.15) is 0 Å². The maximum Gasteiger partial charge on any atom is 0.252 e. The van der Waals surface area contributed by atoms with Gasteiger partial charge in [0.1, 0.15) is 5.75 Å². The van der Waals surface area contributed by atoms with Crippen molar-refractivity contribution in [1.82, 2.24) is 10.6 Å². The van der Waals surface area contributed by atoms with Gasteiger partial charge in [-0.3, -0.25) is 4.79 Å². The smallest absolute Gasteiger partial charge is 0.252 e. The lowest BCUT2D eigenvalue weighted by Gasteiger charge is -2.25.